The molecule has 35 heavy (non-hydrogen) atoms. The van der Waals surface area contributed by atoms with Gasteiger partial charge in [0.1, 0.15) is 12.1 Å². The number of anilines is 1. The van der Waals surface area contributed by atoms with Crippen molar-refractivity contribution in [2.75, 3.05) is 5.73 Å². The Labute approximate surface area is 210 Å². The minimum absolute atomic E-state index is 0.366. The molecule has 0 radical (unpaired) electrons. The average molecular weight is 467 g/mol. The molecule has 2 aromatic carbocycles. The molecule has 0 bridgehead atoms. The van der Waals surface area contributed by atoms with Crippen molar-refractivity contribution in [3.8, 4) is 22.4 Å². The third kappa shape index (κ3) is 5.70. The molecule has 0 amide bonds. The predicted molar refractivity (Wildman–Crippen MR) is 148 cm³/mol. The van der Waals surface area contributed by atoms with Crippen molar-refractivity contribution < 1.29 is 0 Å². The van der Waals surface area contributed by atoms with Crippen LogP contribution >= 0.6 is 0 Å². The molecule has 2 heterocycles. The van der Waals surface area contributed by atoms with Crippen LogP contribution < -0.4 is 5.73 Å². The highest BCUT2D eigenvalue weighted by Gasteiger charge is 2.19. The van der Waals surface area contributed by atoms with E-state index in [1.807, 2.05) is 0 Å². The predicted octanol–water partition coefficient (Wildman–Crippen LogP) is 8.07. The summed E-state index contributed by atoms with van der Waals surface area (Å²) in [5.74, 6) is 1.65. The standard InChI is InChI=1S/C31H38N4/c1-20(2)23-14-16-24(17-15-23)26-18-27(35-30-28(26)29(32)33-19-34-30)25-12-10-22(11-13-25)9-7-8-21(3)31(4,5)6/h10-21H,7-9H2,1-6H3,(H2,32,33,34,35). The molecule has 0 aliphatic rings. The maximum absolute atomic E-state index is 6.28. The van der Waals surface area contributed by atoms with Crippen LogP contribution in [0.15, 0.2) is 60.9 Å². The zero-order valence-electron chi connectivity index (χ0n) is 22.0. The highest BCUT2D eigenvalue weighted by molar-refractivity contribution is 6.00. The maximum atomic E-state index is 6.28. The van der Waals surface area contributed by atoms with Crippen molar-refractivity contribution in [3.05, 3.63) is 72.1 Å². The Morgan fingerprint density at radius 3 is 2.14 bits per heavy atom. The summed E-state index contributed by atoms with van der Waals surface area (Å²) in [6.45, 7) is 13.8. The fourth-order valence-corrected chi connectivity index (χ4v) is 4.40. The van der Waals surface area contributed by atoms with E-state index in [4.69, 9.17) is 10.7 Å². The van der Waals surface area contributed by atoms with Gasteiger partial charge in [0.05, 0.1) is 11.1 Å². The number of nitrogen functional groups attached to an aromatic ring is 1. The quantitative estimate of drug-likeness (QED) is 0.299. The van der Waals surface area contributed by atoms with Gasteiger partial charge in [0.25, 0.3) is 0 Å². The largest absolute Gasteiger partial charge is 0.383 e. The Morgan fingerprint density at radius 2 is 1.51 bits per heavy atom. The summed E-state index contributed by atoms with van der Waals surface area (Å²) in [4.78, 5) is 13.5. The summed E-state index contributed by atoms with van der Waals surface area (Å²) < 4.78 is 0. The lowest BCUT2D eigenvalue weighted by Crippen LogP contribution is -2.17. The van der Waals surface area contributed by atoms with E-state index in [-0.39, 0.29) is 0 Å². The number of rotatable bonds is 7. The minimum Gasteiger partial charge on any atom is -0.383 e. The summed E-state index contributed by atoms with van der Waals surface area (Å²) in [5, 5.41) is 0.804. The first-order valence-corrected chi connectivity index (χ1v) is 12.7. The number of hydrogen-bond acceptors (Lipinski definition) is 4. The van der Waals surface area contributed by atoms with E-state index in [1.54, 1.807) is 0 Å². The van der Waals surface area contributed by atoms with Crippen LogP contribution in [0.4, 0.5) is 5.82 Å². The molecule has 0 fully saturated rings. The van der Waals surface area contributed by atoms with Crippen molar-refractivity contribution >= 4 is 16.9 Å². The van der Waals surface area contributed by atoms with E-state index in [1.165, 1.54) is 30.3 Å². The van der Waals surface area contributed by atoms with Crippen LogP contribution in [0, 0.1) is 11.3 Å². The molecule has 0 saturated carbocycles. The third-order valence-electron chi connectivity index (χ3n) is 7.35. The Morgan fingerprint density at radius 1 is 0.857 bits per heavy atom. The molecular formula is C31H38N4. The number of benzene rings is 2. The molecule has 0 spiro atoms. The molecule has 4 heteroatoms. The van der Waals surface area contributed by atoms with Gasteiger partial charge in [-0.05, 0) is 64.8 Å². The summed E-state index contributed by atoms with van der Waals surface area (Å²) in [6, 6.07) is 19.6. The van der Waals surface area contributed by atoms with Crippen LogP contribution in [-0.4, -0.2) is 15.0 Å². The van der Waals surface area contributed by atoms with Gasteiger partial charge in [0, 0.05) is 5.56 Å². The molecule has 2 N–H and O–H groups in total. The molecule has 0 saturated heterocycles. The molecular weight excluding hydrogens is 428 g/mol. The van der Waals surface area contributed by atoms with E-state index in [9.17, 15) is 0 Å². The van der Waals surface area contributed by atoms with Gasteiger partial charge in [-0.3, -0.25) is 0 Å². The second kappa shape index (κ2) is 10.2. The Balaban J connectivity index is 1.63. The van der Waals surface area contributed by atoms with Crippen molar-refractivity contribution in [1.29, 1.82) is 0 Å². The third-order valence-corrected chi connectivity index (χ3v) is 7.35. The van der Waals surface area contributed by atoms with Gasteiger partial charge in [-0.2, -0.15) is 0 Å². The Bertz CT molecular complexity index is 1280. The van der Waals surface area contributed by atoms with E-state index in [0.29, 0.717) is 28.7 Å². The fraction of sp³-hybridized carbons (Fsp3) is 0.387. The molecule has 0 aliphatic carbocycles. The van der Waals surface area contributed by atoms with Crippen LogP contribution in [0.5, 0.6) is 0 Å². The molecule has 0 aliphatic heterocycles. The normalized spacial score (nSPS) is 12.9. The number of pyridine rings is 1. The molecule has 4 rings (SSSR count). The molecule has 182 valence electrons. The van der Waals surface area contributed by atoms with Gasteiger partial charge in [-0.1, -0.05) is 90.1 Å². The smallest absolute Gasteiger partial charge is 0.165 e. The first kappa shape index (κ1) is 24.8. The lowest BCUT2D eigenvalue weighted by Gasteiger charge is -2.27. The minimum atomic E-state index is 0.366. The number of aromatic nitrogens is 3. The van der Waals surface area contributed by atoms with Crippen molar-refractivity contribution in [3.63, 3.8) is 0 Å². The topological polar surface area (TPSA) is 64.7 Å². The van der Waals surface area contributed by atoms with Crippen LogP contribution in [0.25, 0.3) is 33.4 Å². The zero-order chi connectivity index (χ0) is 25.2. The first-order valence-electron chi connectivity index (χ1n) is 12.7. The highest BCUT2D eigenvalue weighted by atomic mass is 15.0. The summed E-state index contributed by atoms with van der Waals surface area (Å²) in [7, 11) is 0. The Hall–Kier alpha value is -3.27. The van der Waals surface area contributed by atoms with E-state index in [2.05, 4.69) is 106 Å². The molecule has 4 nitrogen and oxygen atoms in total. The van der Waals surface area contributed by atoms with Gasteiger partial charge in [0.2, 0.25) is 0 Å². The fourth-order valence-electron chi connectivity index (χ4n) is 4.40. The maximum Gasteiger partial charge on any atom is 0.165 e. The number of nitrogens with zero attached hydrogens (tertiary/aromatic N) is 3. The van der Waals surface area contributed by atoms with E-state index < -0.39 is 0 Å². The van der Waals surface area contributed by atoms with Crippen molar-refractivity contribution in [2.45, 2.75) is 66.7 Å². The van der Waals surface area contributed by atoms with E-state index in [0.717, 1.165) is 34.2 Å². The summed E-state index contributed by atoms with van der Waals surface area (Å²) in [5.41, 5.74) is 14.0. The second-order valence-electron chi connectivity index (χ2n) is 11.1. The van der Waals surface area contributed by atoms with Gasteiger partial charge in [0.15, 0.2) is 5.65 Å². The van der Waals surface area contributed by atoms with Crippen LogP contribution in [-0.2, 0) is 6.42 Å². The summed E-state index contributed by atoms with van der Waals surface area (Å²) >= 11 is 0. The number of nitrogens with two attached hydrogens (primary N) is 1. The van der Waals surface area contributed by atoms with Gasteiger partial charge in [-0.15, -0.1) is 0 Å². The van der Waals surface area contributed by atoms with Crippen molar-refractivity contribution in [1.82, 2.24) is 15.0 Å². The SMILES string of the molecule is CC(C)c1ccc(-c2cc(-c3ccc(CCCC(C)C(C)(C)C)cc3)nc3ncnc(N)c23)cc1. The van der Waals surface area contributed by atoms with E-state index >= 15 is 0 Å². The van der Waals surface area contributed by atoms with Gasteiger partial charge < -0.3 is 5.73 Å². The number of fused-ring (bicyclic) bond motifs is 1. The first-order chi connectivity index (χ1) is 16.6. The number of hydrogen-bond donors (Lipinski definition) is 1. The monoisotopic (exact) mass is 466 g/mol. The second-order valence-corrected chi connectivity index (χ2v) is 11.1. The molecule has 1 unspecified atom stereocenters. The zero-order valence-corrected chi connectivity index (χ0v) is 22.0. The summed E-state index contributed by atoms with van der Waals surface area (Å²) in [6.07, 6.45) is 5.04. The molecule has 2 aromatic heterocycles. The molecule has 1 atom stereocenters. The highest BCUT2D eigenvalue weighted by Crippen LogP contribution is 2.34. The lowest BCUT2D eigenvalue weighted by atomic mass is 9.79. The average Bonchev–Trinajstić information content (AvgIpc) is 2.83. The van der Waals surface area contributed by atoms with Crippen LogP contribution in [0.2, 0.25) is 0 Å². The molecule has 4 aromatic rings. The van der Waals surface area contributed by atoms with Crippen LogP contribution in [0.3, 0.4) is 0 Å². The van der Waals surface area contributed by atoms with Crippen molar-refractivity contribution in [2.24, 2.45) is 11.3 Å². The Kier molecular flexibility index (Phi) is 7.20. The van der Waals surface area contributed by atoms with Crippen LogP contribution in [0.1, 0.15) is 71.4 Å². The number of aryl methyl sites for hydroxylation is 1. The van der Waals surface area contributed by atoms with Gasteiger partial charge in [-0.25, -0.2) is 15.0 Å². The lowest BCUT2D eigenvalue weighted by molar-refractivity contribution is 0.243. The van der Waals surface area contributed by atoms with Gasteiger partial charge >= 0.3 is 0 Å².